The average molecular weight is 252 g/mol. The molecule has 0 aliphatic rings. The highest BCUT2D eigenvalue weighted by Crippen LogP contribution is 2.09. The lowest BCUT2D eigenvalue weighted by atomic mass is 10.3. The number of fused-ring (bicyclic) bond motifs is 1. The third kappa shape index (κ3) is 1.93. The second-order valence-corrected chi connectivity index (χ2v) is 4.33. The zero-order valence-electron chi connectivity index (χ0n) is 10.1. The zero-order chi connectivity index (χ0) is 12.4. The highest BCUT2D eigenvalue weighted by atomic mass is 32.1. The van der Waals surface area contributed by atoms with Gasteiger partial charge in [-0.05, 0) is 13.3 Å². The van der Waals surface area contributed by atoms with Crippen molar-refractivity contribution in [1.82, 2.24) is 19.1 Å². The SMILES string of the molecule is CCCCn1c(=O)n(CC)c(=S)c2[nH]cnc21. The largest absolute Gasteiger partial charge is 0.341 e. The first-order chi connectivity index (χ1) is 8.20. The number of hydrogen-bond donors (Lipinski definition) is 1. The number of nitrogens with zero attached hydrogens (tertiary/aromatic N) is 3. The maximum atomic E-state index is 12.2. The van der Waals surface area contributed by atoms with Gasteiger partial charge in [0.15, 0.2) is 5.65 Å². The van der Waals surface area contributed by atoms with E-state index in [4.69, 9.17) is 12.2 Å². The molecule has 5 nitrogen and oxygen atoms in total. The quantitative estimate of drug-likeness (QED) is 0.848. The molecule has 0 radical (unpaired) electrons. The van der Waals surface area contributed by atoms with E-state index >= 15 is 0 Å². The van der Waals surface area contributed by atoms with Gasteiger partial charge in [0.25, 0.3) is 0 Å². The van der Waals surface area contributed by atoms with E-state index in [0.717, 1.165) is 18.4 Å². The van der Waals surface area contributed by atoms with Crippen LogP contribution in [0.3, 0.4) is 0 Å². The van der Waals surface area contributed by atoms with Crippen LogP contribution in [-0.4, -0.2) is 19.1 Å². The molecular weight excluding hydrogens is 236 g/mol. The van der Waals surface area contributed by atoms with Crippen LogP contribution >= 0.6 is 12.2 Å². The van der Waals surface area contributed by atoms with Crippen molar-refractivity contribution in [1.29, 1.82) is 0 Å². The summed E-state index contributed by atoms with van der Waals surface area (Å²) in [6.45, 7) is 5.29. The molecular formula is C11H16N4OS. The Morgan fingerprint density at radius 3 is 2.82 bits per heavy atom. The molecule has 0 spiro atoms. The number of unbranched alkanes of at least 4 members (excludes halogenated alkanes) is 1. The van der Waals surface area contributed by atoms with Gasteiger partial charge in [0.1, 0.15) is 10.2 Å². The van der Waals surface area contributed by atoms with Crippen molar-refractivity contribution in [3.63, 3.8) is 0 Å². The summed E-state index contributed by atoms with van der Waals surface area (Å²) < 4.78 is 3.85. The minimum Gasteiger partial charge on any atom is -0.341 e. The third-order valence-electron chi connectivity index (χ3n) is 2.85. The van der Waals surface area contributed by atoms with Gasteiger partial charge in [-0.25, -0.2) is 9.78 Å². The Labute approximate surface area is 104 Å². The summed E-state index contributed by atoms with van der Waals surface area (Å²) in [4.78, 5) is 19.5. The normalized spacial score (nSPS) is 11.2. The molecule has 1 N–H and O–H groups in total. The summed E-state index contributed by atoms with van der Waals surface area (Å²) in [5.74, 6) is 0. The first-order valence-corrected chi connectivity index (χ1v) is 6.28. The van der Waals surface area contributed by atoms with E-state index in [0.29, 0.717) is 23.4 Å². The molecule has 0 saturated carbocycles. The molecule has 2 aromatic heterocycles. The molecule has 2 heterocycles. The summed E-state index contributed by atoms with van der Waals surface area (Å²) >= 11 is 5.28. The molecule has 0 bridgehead atoms. The number of hydrogen-bond acceptors (Lipinski definition) is 3. The molecule has 0 aliphatic carbocycles. The van der Waals surface area contributed by atoms with E-state index < -0.39 is 0 Å². The average Bonchev–Trinajstić information content (AvgIpc) is 2.79. The number of imidazole rings is 1. The summed E-state index contributed by atoms with van der Waals surface area (Å²) in [6.07, 6.45) is 3.59. The minimum atomic E-state index is -0.0643. The van der Waals surface area contributed by atoms with Crippen molar-refractivity contribution in [2.24, 2.45) is 0 Å². The summed E-state index contributed by atoms with van der Waals surface area (Å²) in [5.41, 5.74) is 1.38. The second kappa shape index (κ2) is 4.83. The van der Waals surface area contributed by atoms with Gasteiger partial charge in [0.2, 0.25) is 0 Å². The summed E-state index contributed by atoms with van der Waals surface area (Å²) in [5, 5.41) is 0. The summed E-state index contributed by atoms with van der Waals surface area (Å²) in [6, 6.07) is 0. The van der Waals surface area contributed by atoms with Gasteiger partial charge < -0.3 is 4.98 Å². The topological polar surface area (TPSA) is 55.6 Å². The first-order valence-electron chi connectivity index (χ1n) is 5.87. The molecule has 0 fully saturated rings. The zero-order valence-corrected chi connectivity index (χ0v) is 10.9. The summed E-state index contributed by atoms with van der Waals surface area (Å²) in [7, 11) is 0. The van der Waals surface area contributed by atoms with Crippen LogP contribution < -0.4 is 5.69 Å². The number of H-pyrrole nitrogens is 1. The molecule has 0 aromatic carbocycles. The third-order valence-corrected chi connectivity index (χ3v) is 3.27. The van der Waals surface area contributed by atoms with Crippen molar-refractivity contribution in [3.8, 4) is 0 Å². The number of nitrogens with one attached hydrogen (secondary N) is 1. The maximum Gasteiger partial charge on any atom is 0.330 e. The lowest BCUT2D eigenvalue weighted by Crippen LogP contribution is -2.31. The Morgan fingerprint density at radius 2 is 2.18 bits per heavy atom. The van der Waals surface area contributed by atoms with E-state index in [-0.39, 0.29) is 5.69 Å². The highest BCUT2D eigenvalue weighted by molar-refractivity contribution is 7.71. The van der Waals surface area contributed by atoms with Gasteiger partial charge in [-0.2, -0.15) is 0 Å². The highest BCUT2D eigenvalue weighted by Gasteiger charge is 2.11. The molecule has 2 aromatic rings. The Balaban J connectivity index is 2.76. The Kier molecular flexibility index (Phi) is 3.42. The van der Waals surface area contributed by atoms with Gasteiger partial charge in [-0.15, -0.1) is 0 Å². The molecule has 92 valence electrons. The van der Waals surface area contributed by atoms with E-state index in [1.54, 1.807) is 15.5 Å². The van der Waals surface area contributed by atoms with Gasteiger partial charge in [0, 0.05) is 13.1 Å². The lowest BCUT2D eigenvalue weighted by molar-refractivity contribution is 0.567. The van der Waals surface area contributed by atoms with Crippen LogP contribution in [0.15, 0.2) is 11.1 Å². The van der Waals surface area contributed by atoms with Crippen molar-refractivity contribution in [3.05, 3.63) is 21.5 Å². The molecule has 0 unspecified atom stereocenters. The number of aromatic nitrogens is 4. The monoisotopic (exact) mass is 252 g/mol. The molecule has 0 aliphatic heterocycles. The maximum absolute atomic E-state index is 12.2. The van der Waals surface area contributed by atoms with Gasteiger partial charge in [-0.3, -0.25) is 9.13 Å². The molecule has 0 amide bonds. The van der Waals surface area contributed by atoms with Crippen LogP contribution in [0, 0.1) is 4.64 Å². The van der Waals surface area contributed by atoms with Crippen molar-refractivity contribution < 1.29 is 0 Å². The van der Waals surface area contributed by atoms with Crippen molar-refractivity contribution in [2.75, 3.05) is 0 Å². The fraction of sp³-hybridized carbons (Fsp3) is 0.545. The smallest absolute Gasteiger partial charge is 0.330 e. The van der Waals surface area contributed by atoms with Gasteiger partial charge >= 0.3 is 5.69 Å². The van der Waals surface area contributed by atoms with Gasteiger partial charge in [-0.1, -0.05) is 25.6 Å². The second-order valence-electron chi connectivity index (χ2n) is 3.94. The van der Waals surface area contributed by atoms with E-state index in [1.165, 1.54) is 0 Å². The standard InChI is InChI=1S/C11H16N4OS/c1-3-5-6-15-9-8(12-7-13-9)10(17)14(4-2)11(15)16/h7H,3-6H2,1-2H3,(H,12,13). The van der Waals surface area contributed by atoms with Crippen molar-refractivity contribution in [2.45, 2.75) is 39.8 Å². The van der Waals surface area contributed by atoms with Crippen molar-refractivity contribution >= 4 is 23.4 Å². The molecule has 17 heavy (non-hydrogen) atoms. The predicted octanol–water partition coefficient (Wildman–Crippen LogP) is 2.08. The number of aromatic amines is 1. The van der Waals surface area contributed by atoms with E-state index in [1.807, 2.05) is 6.92 Å². The Morgan fingerprint density at radius 1 is 1.41 bits per heavy atom. The lowest BCUT2D eigenvalue weighted by Gasteiger charge is -2.10. The van der Waals surface area contributed by atoms with E-state index in [9.17, 15) is 4.79 Å². The fourth-order valence-corrected chi connectivity index (χ4v) is 2.26. The minimum absolute atomic E-state index is 0.0643. The van der Waals surface area contributed by atoms with Crippen LogP contribution in [-0.2, 0) is 13.1 Å². The molecule has 2 rings (SSSR count). The van der Waals surface area contributed by atoms with Crippen LogP contribution in [0.25, 0.3) is 11.2 Å². The fourth-order valence-electron chi connectivity index (χ4n) is 1.90. The van der Waals surface area contributed by atoms with Crippen LogP contribution in [0.5, 0.6) is 0 Å². The first kappa shape index (κ1) is 12.0. The van der Waals surface area contributed by atoms with Crippen LogP contribution in [0.4, 0.5) is 0 Å². The number of rotatable bonds is 4. The predicted molar refractivity (Wildman–Crippen MR) is 69.8 cm³/mol. The molecule has 6 heteroatoms. The number of aryl methyl sites for hydroxylation is 1. The van der Waals surface area contributed by atoms with Gasteiger partial charge in [0.05, 0.1) is 6.33 Å². The van der Waals surface area contributed by atoms with E-state index in [2.05, 4.69) is 16.9 Å². The van der Waals surface area contributed by atoms with Crippen LogP contribution in [0.2, 0.25) is 0 Å². The molecule has 0 atom stereocenters. The Hall–Kier alpha value is -1.43. The van der Waals surface area contributed by atoms with Crippen LogP contribution in [0.1, 0.15) is 26.7 Å². The molecule has 0 saturated heterocycles. The Bertz CT molecular complexity index is 637.